The van der Waals surface area contributed by atoms with Crippen LogP contribution in [0.2, 0.25) is 0 Å². The number of carbonyl (C=O) groups excluding carboxylic acids is 1. The Bertz CT molecular complexity index is 723. The van der Waals surface area contributed by atoms with E-state index in [0.717, 1.165) is 16.8 Å². The van der Waals surface area contributed by atoms with Crippen molar-refractivity contribution >= 4 is 17.7 Å². The van der Waals surface area contributed by atoms with E-state index in [-0.39, 0.29) is 5.91 Å². The molecule has 2 aromatic carbocycles. The Morgan fingerprint density at radius 1 is 0.955 bits per heavy atom. The number of hydrogen-bond acceptors (Lipinski definition) is 3. The van der Waals surface area contributed by atoms with Crippen molar-refractivity contribution in [1.29, 1.82) is 0 Å². The van der Waals surface area contributed by atoms with Gasteiger partial charge >= 0.3 is 0 Å². The average Bonchev–Trinajstić information content (AvgIpc) is 2.73. The van der Waals surface area contributed by atoms with Gasteiger partial charge in [0.2, 0.25) is 0 Å². The van der Waals surface area contributed by atoms with E-state index in [0.29, 0.717) is 18.0 Å². The number of carbonyl (C=O) groups is 1. The number of nitrogens with zero attached hydrogens (tertiary/aromatic N) is 1. The van der Waals surface area contributed by atoms with Gasteiger partial charge in [0.15, 0.2) is 11.5 Å². The van der Waals surface area contributed by atoms with Gasteiger partial charge in [-0.15, -0.1) is 0 Å². The summed E-state index contributed by atoms with van der Waals surface area (Å²) in [5, 5.41) is 0. The van der Waals surface area contributed by atoms with Gasteiger partial charge in [0.1, 0.15) is 0 Å². The first-order chi connectivity index (χ1) is 10.7. The number of benzene rings is 2. The van der Waals surface area contributed by atoms with Gasteiger partial charge in [-0.2, -0.15) is 0 Å². The minimum atomic E-state index is -0.0414. The Hall–Kier alpha value is -2.75. The van der Waals surface area contributed by atoms with Crippen LogP contribution in [0.5, 0.6) is 11.5 Å². The molecule has 2 aromatic rings. The van der Waals surface area contributed by atoms with E-state index in [1.807, 2.05) is 48.5 Å². The van der Waals surface area contributed by atoms with Crippen LogP contribution in [-0.4, -0.2) is 20.1 Å². The quantitative estimate of drug-likeness (QED) is 0.872. The summed E-state index contributed by atoms with van der Waals surface area (Å²) in [5.74, 6) is 1.28. The number of methoxy groups -OCH3 is 2. The molecule has 0 saturated heterocycles. The van der Waals surface area contributed by atoms with Gasteiger partial charge in [0.05, 0.1) is 20.8 Å². The summed E-state index contributed by atoms with van der Waals surface area (Å²) in [5.41, 5.74) is 2.85. The van der Waals surface area contributed by atoms with Crippen molar-refractivity contribution in [1.82, 2.24) is 0 Å². The predicted octanol–water partition coefficient (Wildman–Crippen LogP) is 3.26. The number of hydrogen-bond donors (Lipinski definition) is 0. The zero-order chi connectivity index (χ0) is 15.5. The molecule has 0 spiro atoms. The molecule has 1 amide bonds. The molecule has 22 heavy (non-hydrogen) atoms. The molecular formula is C18H17NO3. The van der Waals surface area contributed by atoms with Gasteiger partial charge in [-0.25, -0.2) is 0 Å². The van der Waals surface area contributed by atoms with Crippen molar-refractivity contribution in [2.24, 2.45) is 0 Å². The molecule has 0 unspecified atom stereocenters. The van der Waals surface area contributed by atoms with E-state index in [2.05, 4.69) is 0 Å². The largest absolute Gasteiger partial charge is 0.493 e. The van der Waals surface area contributed by atoms with Crippen molar-refractivity contribution in [3.8, 4) is 11.5 Å². The molecule has 0 aromatic heterocycles. The number of fused-ring (bicyclic) bond motifs is 1. The van der Waals surface area contributed by atoms with E-state index in [9.17, 15) is 4.79 Å². The predicted molar refractivity (Wildman–Crippen MR) is 86.2 cm³/mol. The van der Waals surface area contributed by atoms with Crippen LogP contribution in [0.3, 0.4) is 0 Å². The normalized spacial score (nSPS) is 13.5. The van der Waals surface area contributed by atoms with E-state index < -0.39 is 0 Å². The molecular weight excluding hydrogens is 278 g/mol. The summed E-state index contributed by atoms with van der Waals surface area (Å²) in [4.78, 5) is 14.1. The Morgan fingerprint density at radius 2 is 1.64 bits per heavy atom. The SMILES string of the molecule is COc1cc2c(cc1OC)CN(c1ccccc1)C(=O)C=C2. The molecule has 1 aliphatic rings. The molecule has 0 aliphatic carbocycles. The molecule has 4 nitrogen and oxygen atoms in total. The maximum absolute atomic E-state index is 12.4. The lowest BCUT2D eigenvalue weighted by Crippen LogP contribution is -2.27. The summed E-state index contributed by atoms with van der Waals surface area (Å²) >= 11 is 0. The first-order valence-electron chi connectivity index (χ1n) is 7.02. The molecule has 1 heterocycles. The fourth-order valence-electron chi connectivity index (χ4n) is 2.55. The maximum atomic E-state index is 12.4. The second kappa shape index (κ2) is 5.93. The highest BCUT2D eigenvalue weighted by Gasteiger charge is 2.20. The zero-order valence-electron chi connectivity index (χ0n) is 12.6. The van der Waals surface area contributed by atoms with Crippen molar-refractivity contribution in [2.75, 3.05) is 19.1 Å². The number of amides is 1. The molecule has 112 valence electrons. The van der Waals surface area contributed by atoms with Crippen molar-refractivity contribution in [3.63, 3.8) is 0 Å². The second-order valence-electron chi connectivity index (χ2n) is 5.00. The Balaban J connectivity index is 2.05. The van der Waals surface area contributed by atoms with Gasteiger partial charge in [-0.05, 0) is 41.5 Å². The van der Waals surface area contributed by atoms with Crippen LogP contribution in [-0.2, 0) is 11.3 Å². The second-order valence-corrected chi connectivity index (χ2v) is 5.00. The molecule has 0 saturated carbocycles. The van der Waals surface area contributed by atoms with E-state index in [1.54, 1.807) is 25.2 Å². The first-order valence-corrected chi connectivity index (χ1v) is 7.02. The van der Waals surface area contributed by atoms with Crippen LogP contribution in [0.15, 0.2) is 48.5 Å². The van der Waals surface area contributed by atoms with Gasteiger partial charge in [0.25, 0.3) is 5.91 Å². The summed E-state index contributed by atoms with van der Waals surface area (Å²) < 4.78 is 10.7. The minimum Gasteiger partial charge on any atom is -0.493 e. The van der Waals surface area contributed by atoms with Crippen molar-refractivity contribution in [2.45, 2.75) is 6.54 Å². The molecule has 0 N–H and O–H groups in total. The standard InChI is InChI=1S/C18H17NO3/c1-21-16-10-13-8-9-18(20)19(15-6-4-3-5-7-15)12-14(13)11-17(16)22-2/h3-11H,12H2,1-2H3. The third kappa shape index (κ3) is 2.55. The van der Waals surface area contributed by atoms with Gasteiger partial charge in [-0.3, -0.25) is 4.79 Å². The van der Waals surface area contributed by atoms with Crippen molar-refractivity contribution in [3.05, 3.63) is 59.7 Å². The zero-order valence-corrected chi connectivity index (χ0v) is 12.6. The summed E-state index contributed by atoms with van der Waals surface area (Å²) in [6.07, 6.45) is 3.41. The molecule has 0 fully saturated rings. The Kier molecular flexibility index (Phi) is 3.83. The number of para-hydroxylation sites is 1. The average molecular weight is 295 g/mol. The molecule has 0 radical (unpaired) electrons. The van der Waals surface area contributed by atoms with Crippen LogP contribution in [0.1, 0.15) is 11.1 Å². The highest BCUT2D eigenvalue weighted by Crippen LogP contribution is 2.33. The third-order valence-electron chi connectivity index (χ3n) is 3.71. The maximum Gasteiger partial charge on any atom is 0.251 e. The highest BCUT2D eigenvalue weighted by atomic mass is 16.5. The molecule has 0 atom stereocenters. The lowest BCUT2D eigenvalue weighted by Gasteiger charge is -2.21. The van der Waals surface area contributed by atoms with Crippen LogP contribution in [0.25, 0.3) is 6.08 Å². The summed E-state index contributed by atoms with van der Waals surface area (Å²) in [6, 6.07) is 13.5. The van der Waals surface area contributed by atoms with E-state index in [4.69, 9.17) is 9.47 Å². The highest BCUT2D eigenvalue weighted by molar-refractivity contribution is 6.04. The summed E-state index contributed by atoms with van der Waals surface area (Å²) in [7, 11) is 3.21. The lowest BCUT2D eigenvalue weighted by atomic mass is 10.1. The van der Waals surface area contributed by atoms with E-state index in [1.165, 1.54) is 0 Å². The minimum absolute atomic E-state index is 0.0414. The van der Waals surface area contributed by atoms with Gasteiger partial charge in [0, 0.05) is 11.8 Å². The topological polar surface area (TPSA) is 38.8 Å². The molecule has 3 rings (SSSR count). The van der Waals surface area contributed by atoms with Crippen molar-refractivity contribution < 1.29 is 14.3 Å². The lowest BCUT2D eigenvalue weighted by molar-refractivity contribution is -0.114. The Morgan fingerprint density at radius 3 is 2.32 bits per heavy atom. The van der Waals surface area contributed by atoms with Gasteiger partial charge in [-0.1, -0.05) is 18.2 Å². The van der Waals surface area contributed by atoms with Crippen LogP contribution in [0.4, 0.5) is 5.69 Å². The first kappa shape index (κ1) is 14.2. The fourth-order valence-corrected chi connectivity index (χ4v) is 2.55. The van der Waals surface area contributed by atoms with Crippen LogP contribution < -0.4 is 14.4 Å². The smallest absolute Gasteiger partial charge is 0.251 e. The number of ether oxygens (including phenoxy) is 2. The van der Waals surface area contributed by atoms with Crippen LogP contribution in [0, 0.1) is 0 Å². The molecule has 4 heteroatoms. The Labute approximate surface area is 129 Å². The molecule has 0 bridgehead atoms. The molecule has 1 aliphatic heterocycles. The summed E-state index contributed by atoms with van der Waals surface area (Å²) in [6.45, 7) is 0.492. The fraction of sp³-hybridized carbons (Fsp3) is 0.167. The van der Waals surface area contributed by atoms with Gasteiger partial charge < -0.3 is 14.4 Å². The van der Waals surface area contributed by atoms with E-state index >= 15 is 0 Å². The monoisotopic (exact) mass is 295 g/mol. The number of rotatable bonds is 3. The number of anilines is 1. The third-order valence-corrected chi connectivity index (χ3v) is 3.71. The van der Waals surface area contributed by atoms with Crippen LogP contribution >= 0.6 is 0 Å².